The van der Waals surface area contributed by atoms with E-state index in [0.29, 0.717) is 19.6 Å². The monoisotopic (exact) mass is 294 g/mol. The molecule has 1 aromatic carbocycles. The van der Waals surface area contributed by atoms with Crippen molar-refractivity contribution in [3.05, 3.63) is 35.1 Å². The van der Waals surface area contributed by atoms with Crippen LogP contribution in [-0.2, 0) is 4.74 Å². The van der Waals surface area contributed by atoms with Crippen LogP contribution in [0.5, 0.6) is 0 Å². The first-order chi connectivity index (χ1) is 9.78. The van der Waals surface area contributed by atoms with Crippen molar-refractivity contribution in [1.82, 2.24) is 10.2 Å². The fourth-order valence-corrected chi connectivity index (χ4v) is 2.49. The number of amides is 1. The molecule has 0 bridgehead atoms. The van der Waals surface area contributed by atoms with Crippen LogP contribution >= 0.6 is 0 Å². The molecule has 0 saturated carbocycles. The van der Waals surface area contributed by atoms with Gasteiger partial charge in [0.2, 0.25) is 0 Å². The van der Waals surface area contributed by atoms with E-state index in [9.17, 15) is 9.18 Å². The van der Waals surface area contributed by atoms with E-state index in [2.05, 4.69) is 5.32 Å². The molecule has 1 aliphatic rings. The maximum Gasteiger partial charge on any atom is 0.410 e. The van der Waals surface area contributed by atoms with Crippen LogP contribution in [0.4, 0.5) is 9.18 Å². The van der Waals surface area contributed by atoms with Crippen LogP contribution in [0.1, 0.15) is 37.9 Å². The highest BCUT2D eigenvalue weighted by Gasteiger charge is 2.32. The molecule has 1 unspecified atom stereocenters. The topological polar surface area (TPSA) is 41.6 Å². The summed E-state index contributed by atoms with van der Waals surface area (Å²) in [6, 6.07) is 4.48. The molecular weight excluding hydrogens is 271 g/mol. The van der Waals surface area contributed by atoms with Crippen molar-refractivity contribution in [2.75, 3.05) is 19.6 Å². The van der Waals surface area contributed by atoms with Crippen LogP contribution in [-0.4, -0.2) is 36.2 Å². The fraction of sp³-hybridized carbons (Fsp3) is 0.562. The van der Waals surface area contributed by atoms with Gasteiger partial charge in [0, 0.05) is 19.6 Å². The SMILES string of the molecule is Cc1ccc(F)cc1C1CNCCN1C(=O)OC(C)(C)C. The molecular formula is C16H23FN2O2. The summed E-state index contributed by atoms with van der Waals surface area (Å²) in [6.07, 6.45) is -0.349. The lowest BCUT2D eigenvalue weighted by atomic mass is 9.98. The third-order valence-electron chi connectivity index (χ3n) is 3.47. The first kappa shape index (κ1) is 15.8. The third-order valence-corrected chi connectivity index (χ3v) is 3.47. The molecule has 1 aliphatic heterocycles. The lowest BCUT2D eigenvalue weighted by Gasteiger charge is -2.38. The second-order valence-corrected chi connectivity index (χ2v) is 6.39. The lowest BCUT2D eigenvalue weighted by molar-refractivity contribution is 0.0117. The van der Waals surface area contributed by atoms with Gasteiger partial charge in [0.25, 0.3) is 0 Å². The Bertz CT molecular complexity index is 525. The Balaban J connectivity index is 2.27. The van der Waals surface area contributed by atoms with E-state index in [0.717, 1.165) is 11.1 Å². The first-order valence-electron chi connectivity index (χ1n) is 7.24. The Hall–Kier alpha value is -1.62. The normalized spacial score (nSPS) is 19.5. The molecule has 0 radical (unpaired) electrons. The second-order valence-electron chi connectivity index (χ2n) is 6.39. The molecule has 1 fully saturated rings. The number of rotatable bonds is 1. The standard InChI is InChI=1S/C16H23FN2O2/c1-11-5-6-12(17)9-13(11)14-10-18-7-8-19(14)15(20)21-16(2,3)4/h5-6,9,14,18H,7-8,10H2,1-4H3. The number of hydrogen-bond acceptors (Lipinski definition) is 3. The maximum absolute atomic E-state index is 13.5. The van der Waals surface area contributed by atoms with E-state index in [1.54, 1.807) is 11.0 Å². The Kier molecular flexibility index (Phi) is 4.52. The van der Waals surface area contributed by atoms with Gasteiger partial charge in [-0.25, -0.2) is 9.18 Å². The molecule has 1 saturated heterocycles. The van der Waals surface area contributed by atoms with Crippen molar-refractivity contribution in [2.24, 2.45) is 0 Å². The zero-order valence-corrected chi connectivity index (χ0v) is 13.1. The van der Waals surface area contributed by atoms with Crippen LogP contribution < -0.4 is 5.32 Å². The number of hydrogen-bond donors (Lipinski definition) is 1. The predicted octanol–water partition coefficient (Wildman–Crippen LogP) is 3.02. The minimum atomic E-state index is -0.538. The molecule has 4 nitrogen and oxygen atoms in total. The summed E-state index contributed by atoms with van der Waals surface area (Å²) in [5.41, 5.74) is 1.26. The Morgan fingerprint density at radius 1 is 1.43 bits per heavy atom. The molecule has 1 aromatic rings. The Morgan fingerprint density at radius 3 is 2.81 bits per heavy atom. The van der Waals surface area contributed by atoms with Gasteiger partial charge < -0.3 is 10.1 Å². The summed E-state index contributed by atoms with van der Waals surface area (Å²) in [7, 11) is 0. The fourth-order valence-electron chi connectivity index (χ4n) is 2.49. The Labute approximate surface area is 125 Å². The number of aryl methyl sites for hydroxylation is 1. The zero-order valence-electron chi connectivity index (χ0n) is 13.1. The van der Waals surface area contributed by atoms with Crippen molar-refractivity contribution in [3.8, 4) is 0 Å². The summed E-state index contributed by atoms with van der Waals surface area (Å²) in [6.45, 7) is 9.32. The van der Waals surface area contributed by atoms with E-state index in [-0.39, 0.29) is 18.0 Å². The number of nitrogens with one attached hydrogen (secondary N) is 1. The quantitative estimate of drug-likeness (QED) is 0.865. The molecule has 1 N–H and O–H groups in total. The van der Waals surface area contributed by atoms with Gasteiger partial charge in [0.15, 0.2) is 0 Å². The smallest absolute Gasteiger partial charge is 0.410 e. The van der Waals surface area contributed by atoms with Gasteiger partial charge >= 0.3 is 6.09 Å². The molecule has 116 valence electrons. The van der Waals surface area contributed by atoms with Gasteiger partial charge in [-0.05, 0) is 51.0 Å². The minimum absolute atomic E-state index is 0.204. The van der Waals surface area contributed by atoms with Crippen molar-refractivity contribution < 1.29 is 13.9 Å². The van der Waals surface area contributed by atoms with Crippen molar-refractivity contribution in [3.63, 3.8) is 0 Å². The molecule has 2 rings (SSSR count). The number of carbonyl (C=O) groups excluding carboxylic acids is 1. The number of benzene rings is 1. The molecule has 21 heavy (non-hydrogen) atoms. The highest BCUT2D eigenvalue weighted by atomic mass is 19.1. The van der Waals surface area contributed by atoms with Crippen molar-refractivity contribution in [2.45, 2.75) is 39.3 Å². The molecule has 1 atom stereocenters. The molecule has 0 aromatic heterocycles. The molecule has 0 aliphatic carbocycles. The van der Waals surface area contributed by atoms with E-state index >= 15 is 0 Å². The molecule has 1 amide bonds. The summed E-state index contributed by atoms with van der Waals surface area (Å²) in [4.78, 5) is 14.1. The van der Waals surface area contributed by atoms with Gasteiger partial charge in [-0.3, -0.25) is 4.90 Å². The Morgan fingerprint density at radius 2 is 2.14 bits per heavy atom. The summed E-state index contributed by atoms with van der Waals surface area (Å²) < 4.78 is 19.0. The molecule has 1 heterocycles. The molecule has 5 heteroatoms. The van der Waals surface area contributed by atoms with E-state index < -0.39 is 5.60 Å². The summed E-state index contributed by atoms with van der Waals surface area (Å²) in [5, 5.41) is 3.26. The third kappa shape index (κ3) is 3.94. The second kappa shape index (κ2) is 6.02. The molecule has 0 spiro atoms. The average molecular weight is 294 g/mol. The maximum atomic E-state index is 13.5. The van der Waals surface area contributed by atoms with Gasteiger partial charge in [-0.15, -0.1) is 0 Å². The number of piperazine rings is 1. The van der Waals surface area contributed by atoms with E-state index in [4.69, 9.17) is 4.74 Å². The number of halogens is 1. The average Bonchev–Trinajstić information content (AvgIpc) is 2.39. The highest BCUT2D eigenvalue weighted by Crippen LogP contribution is 2.27. The number of ether oxygens (including phenoxy) is 1. The largest absolute Gasteiger partial charge is 0.444 e. The summed E-state index contributed by atoms with van der Waals surface area (Å²) >= 11 is 0. The van der Waals surface area contributed by atoms with Crippen molar-refractivity contribution in [1.29, 1.82) is 0 Å². The van der Waals surface area contributed by atoms with Crippen LogP contribution in [0.3, 0.4) is 0 Å². The van der Waals surface area contributed by atoms with E-state index in [1.807, 2.05) is 27.7 Å². The zero-order chi connectivity index (χ0) is 15.6. The number of nitrogens with zero attached hydrogens (tertiary/aromatic N) is 1. The van der Waals surface area contributed by atoms with Gasteiger partial charge in [-0.1, -0.05) is 6.07 Å². The van der Waals surface area contributed by atoms with Crippen molar-refractivity contribution >= 4 is 6.09 Å². The minimum Gasteiger partial charge on any atom is -0.444 e. The van der Waals surface area contributed by atoms with Crippen LogP contribution in [0.15, 0.2) is 18.2 Å². The first-order valence-corrected chi connectivity index (χ1v) is 7.24. The van der Waals surface area contributed by atoms with E-state index in [1.165, 1.54) is 12.1 Å². The van der Waals surface area contributed by atoms with Crippen LogP contribution in [0.25, 0.3) is 0 Å². The van der Waals surface area contributed by atoms with Gasteiger partial charge in [0.05, 0.1) is 6.04 Å². The van der Waals surface area contributed by atoms with Crippen LogP contribution in [0.2, 0.25) is 0 Å². The highest BCUT2D eigenvalue weighted by molar-refractivity contribution is 5.69. The predicted molar refractivity (Wildman–Crippen MR) is 79.7 cm³/mol. The van der Waals surface area contributed by atoms with Gasteiger partial charge in [-0.2, -0.15) is 0 Å². The number of carbonyl (C=O) groups is 1. The van der Waals surface area contributed by atoms with Crippen LogP contribution in [0, 0.1) is 12.7 Å². The van der Waals surface area contributed by atoms with Gasteiger partial charge in [0.1, 0.15) is 11.4 Å². The summed E-state index contributed by atoms with van der Waals surface area (Å²) in [5.74, 6) is -0.287. The lowest BCUT2D eigenvalue weighted by Crippen LogP contribution is -2.50.